The molecule has 98 valence electrons. The van der Waals surface area contributed by atoms with Crippen LogP contribution in [0.25, 0.3) is 0 Å². The van der Waals surface area contributed by atoms with E-state index in [2.05, 4.69) is 11.8 Å². The number of carbonyl (C=O) groups excluding carboxylic acids is 1. The first-order valence-corrected chi connectivity index (χ1v) is 7.26. The predicted octanol–water partition coefficient (Wildman–Crippen LogP) is 2.29. The lowest BCUT2D eigenvalue weighted by atomic mass is 9.84. The third-order valence-corrected chi connectivity index (χ3v) is 4.47. The van der Waals surface area contributed by atoms with Gasteiger partial charge in [-0.1, -0.05) is 25.7 Å². The lowest BCUT2D eigenvalue weighted by Crippen LogP contribution is -2.48. The Balaban J connectivity index is 2.01. The van der Waals surface area contributed by atoms with Crippen molar-refractivity contribution in [1.82, 2.24) is 4.90 Å². The normalized spacial score (nSPS) is 35.4. The zero-order valence-electron chi connectivity index (χ0n) is 11.0. The van der Waals surface area contributed by atoms with Crippen LogP contribution in [-0.2, 0) is 4.79 Å². The summed E-state index contributed by atoms with van der Waals surface area (Å²) in [5.74, 6) is 0.441. The average molecular weight is 238 g/mol. The van der Waals surface area contributed by atoms with E-state index in [9.17, 15) is 4.79 Å². The van der Waals surface area contributed by atoms with Crippen LogP contribution in [0.15, 0.2) is 0 Å². The highest BCUT2D eigenvalue weighted by Gasteiger charge is 2.33. The number of nitrogens with two attached hydrogens (primary N) is 1. The summed E-state index contributed by atoms with van der Waals surface area (Å²) >= 11 is 0. The van der Waals surface area contributed by atoms with Crippen molar-refractivity contribution in [1.29, 1.82) is 0 Å². The summed E-state index contributed by atoms with van der Waals surface area (Å²) in [4.78, 5) is 14.7. The number of hydrogen-bond donors (Lipinski definition) is 1. The Labute approximate surface area is 105 Å². The monoisotopic (exact) mass is 238 g/mol. The van der Waals surface area contributed by atoms with Gasteiger partial charge in [-0.3, -0.25) is 4.79 Å². The third kappa shape index (κ3) is 3.01. The molecular formula is C14H26N2O. The maximum absolute atomic E-state index is 12.6. The van der Waals surface area contributed by atoms with E-state index >= 15 is 0 Å². The molecule has 3 heteroatoms. The maximum atomic E-state index is 12.6. The van der Waals surface area contributed by atoms with Crippen LogP contribution in [0.1, 0.15) is 58.3 Å². The lowest BCUT2D eigenvalue weighted by molar-refractivity contribution is -0.139. The van der Waals surface area contributed by atoms with Gasteiger partial charge in [0.15, 0.2) is 0 Å². The van der Waals surface area contributed by atoms with Crippen LogP contribution in [0.4, 0.5) is 0 Å². The van der Waals surface area contributed by atoms with Crippen molar-refractivity contribution in [2.45, 2.75) is 70.4 Å². The smallest absolute Gasteiger partial charge is 0.227 e. The van der Waals surface area contributed by atoms with Crippen molar-refractivity contribution < 1.29 is 4.79 Å². The third-order valence-electron chi connectivity index (χ3n) is 4.47. The second-order valence-corrected chi connectivity index (χ2v) is 5.78. The van der Waals surface area contributed by atoms with Gasteiger partial charge in [0.05, 0.1) is 5.92 Å². The Kier molecular flexibility index (Phi) is 4.43. The van der Waals surface area contributed by atoms with Crippen LogP contribution >= 0.6 is 0 Å². The van der Waals surface area contributed by atoms with Crippen LogP contribution < -0.4 is 5.73 Å². The van der Waals surface area contributed by atoms with Gasteiger partial charge in [-0.05, 0) is 32.6 Å². The fourth-order valence-electron chi connectivity index (χ4n) is 3.28. The van der Waals surface area contributed by atoms with E-state index < -0.39 is 0 Å². The summed E-state index contributed by atoms with van der Waals surface area (Å²) in [6.45, 7) is 3.14. The maximum Gasteiger partial charge on any atom is 0.227 e. The second kappa shape index (κ2) is 5.85. The molecule has 1 heterocycles. The first-order chi connectivity index (χ1) is 8.20. The topological polar surface area (TPSA) is 46.3 Å². The Hall–Kier alpha value is -0.570. The van der Waals surface area contributed by atoms with Crippen molar-refractivity contribution in [2.24, 2.45) is 11.7 Å². The van der Waals surface area contributed by atoms with Gasteiger partial charge < -0.3 is 10.6 Å². The minimum Gasteiger partial charge on any atom is -0.340 e. The molecule has 2 aliphatic rings. The predicted molar refractivity (Wildman–Crippen MR) is 69.6 cm³/mol. The molecule has 2 rings (SSSR count). The fourth-order valence-corrected chi connectivity index (χ4v) is 3.28. The standard InChI is InChI=1S/C14H26N2O/c1-11-7-3-2-6-10-16(11)14(17)12-8-4-5-9-13(12)15/h11-13H,2-10,15H2,1H3. The average Bonchev–Trinajstić information content (AvgIpc) is 2.54. The number of amides is 1. The fraction of sp³-hybridized carbons (Fsp3) is 0.929. The molecule has 3 atom stereocenters. The first kappa shape index (κ1) is 12.9. The van der Waals surface area contributed by atoms with Crippen molar-refractivity contribution in [3.8, 4) is 0 Å². The number of rotatable bonds is 1. The summed E-state index contributed by atoms with van der Waals surface area (Å²) in [6, 6.07) is 0.519. The first-order valence-electron chi connectivity index (χ1n) is 7.26. The molecule has 1 aliphatic carbocycles. The molecule has 3 unspecified atom stereocenters. The molecule has 0 radical (unpaired) electrons. The van der Waals surface area contributed by atoms with Crippen LogP contribution in [0.3, 0.4) is 0 Å². The number of hydrogen-bond acceptors (Lipinski definition) is 2. The second-order valence-electron chi connectivity index (χ2n) is 5.78. The molecule has 0 bridgehead atoms. The molecule has 1 saturated heterocycles. The minimum absolute atomic E-state index is 0.101. The Morgan fingerprint density at radius 3 is 2.53 bits per heavy atom. The van der Waals surface area contributed by atoms with Gasteiger partial charge in [0.25, 0.3) is 0 Å². The molecule has 2 fully saturated rings. The summed E-state index contributed by atoms with van der Waals surface area (Å²) < 4.78 is 0. The van der Waals surface area contributed by atoms with E-state index in [4.69, 9.17) is 5.73 Å². The van der Waals surface area contributed by atoms with Crippen LogP contribution in [0, 0.1) is 5.92 Å². The van der Waals surface area contributed by atoms with Gasteiger partial charge in [0.2, 0.25) is 5.91 Å². The molecule has 2 N–H and O–H groups in total. The van der Waals surface area contributed by atoms with E-state index in [1.807, 2.05) is 0 Å². The van der Waals surface area contributed by atoms with Gasteiger partial charge in [0, 0.05) is 18.6 Å². The molecule has 17 heavy (non-hydrogen) atoms. The molecule has 0 aromatic rings. The Bertz CT molecular complexity index is 267. The molecule has 3 nitrogen and oxygen atoms in total. The molecule has 0 aromatic carbocycles. The summed E-state index contributed by atoms with van der Waals surface area (Å²) in [6.07, 6.45) is 9.26. The van der Waals surface area contributed by atoms with E-state index in [1.165, 1.54) is 25.7 Å². The number of nitrogens with zero attached hydrogens (tertiary/aromatic N) is 1. The van der Waals surface area contributed by atoms with E-state index in [0.717, 1.165) is 32.2 Å². The highest BCUT2D eigenvalue weighted by Crippen LogP contribution is 2.27. The summed E-state index contributed by atoms with van der Waals surface area (Å²) in [5.41, 5.74) is 6.12. The minimum atomic E-state index is 0.101. The highest BCUT2D eigenvalue weighted by molar-refractivity contribution is 5.80. The largest absolute Gasteiger partial charge is 0.340 e. The van der Waals surface area contributed by atoms with Gasteiger partial charge in [-0.15, -0.1) is 0 Å². The van der Waals surface area contributed by atoms with E-state index in [-0.39, 0.29) is 12.0 Å². The van der Waals surface area contributed by atoms with Gasteiger partial charge in [-0.25, -0.2) is 0 Å². The van der Waals surface area contributed by atoms with Crippen LogP contribution in [0.2, 0.25) is 0 Å². The number of carbonyl (C=O) groups is 1. The molecule has 1 saturated carbocycles. The Morgan fingerprint density at radius 2 is 1.76 bits per heavy atom. The van der Waals surface area contributed by atoms with Crippen molar-refractivity contribution in [2.75, 3.05) is 6.54 Å². The SMILES string of the molecule is CC1CCCCCN1C(=O)C1CCCCC1N. The molecular weight excluding hydrogens is 212 g/mol. The van der Waals surface area contributed by atoms with Crippen molar-refractivity contribution in [3.63, 3.8) is 0 Å². The highest BCUT2D eigenvalue weighted by atomic mass is 16.2. The zero-order chi connectivity index (χ0) is 12.3. The summed E-state index contributed by atoms with van der Waals surface area (Å²) in [5, 5.41) is 0. The van der Waals surface area contributed by atoms with Gasteiger partial charge in [-0.2, -0.15) is 0 Å². The number of likely N-dealkylation sites (tertiary alicyclic amines) is 1. The zero-order valence-corrected chi connectivity index (χ0v) is 11.0. The molecule has 1 aliphatic heterocycles. The Morgan fingerprint density at radius 1 is 1.06 bits per heavy atom. The van der Waals surface area contributed by atoms with Crippen LogP contribution in [-0.4, -0.2) is 29.4 Å². The van der Waals surface area contributed by atoms with Crippen molar-refractivity contribution in [3.05, 3.63) is 0 Å². The van der Waals surface area contributed by atoms with Crippen LogP contribution in [0.5, 0.6) is 0 Å². The van der Waals surface area contributed by atoms with E-state index in [0.29, 0.717) is 11.9 Å². The lowest BCUT2D eigenvalue weighted by Gasteiger charge is -2.35. The van der Waals surface area contributed by atoms with Crippen molar-refractivity contribution >= 4 is 5.91 Å². The molecule has 0 spiro atoms. The molecule has 0 aromatic heterocycles. The van der Waals surface area contributed by atoms with Gasteiger partial charge in [0.1, 0.15) is 0 Å². The molecule has 1 amide bonds. The van der Waals surface area contributed by atoms with Gasteiger partial charge >= 0.3 is 0 Å². The summed E-state index contributed by atoms with van der Waals surface area (Å²) in [7, 11) is 0. The quantitative estimate of drug-likeness (QED) is 0.762. The van der Waals surface area contributed by atoms with E-state index in [1.54, 1.807) is 0 Å².